The molecule has 43 heavy (non-hydrogen) atoms. The summed E-state index contributed by atoms with van der Waals surface area (Å²) in [5, 5.41) is 9.32. The first kappa shape index (κ1) is 29.3. The highest BCUT2D eigenvalue weighted by Crippen LogP contribution is 2.38. The maximum Gasteiger partial charge on any atom is 0.169 e. The van der Waals surface area contributed by atoms with Crippen molar-refractivity contribution in [2.24, 2.45) is 0 Å². The first-order chi connectivity index (χ1) is 20.8. The molecule has 6 nitrogen and oxygen atoms in total. The number of ether oxygens (including phenoxy) is 2. The summed E-state index contributed by atoms with van der Waals surface area (Å²) < 4.78 is 16.6. The minimum absolute atomic E-state index is 0.360. The van der Waals surface area contributed by atoms with Gasteiger partial charge in [-0.1, -0.05) is 61.9 Å². The Morgan fingerprint density at radius 3 is 2.51 bits per heavy atom. The molecule has 0 unspecified atom stereocenters. The molecule has 6 rings (SSSR count). The van der Waals surface area contributed by atoms with Crippen LogP contribution in [0.15, 0.2) is 66.7 Å². The van der Waals surface area contributed by atoms with Crippen LogP contribution in [0.25, 0.3) is 16.8 Å². The van der Waals surface area contributed by atoms with Crippen molar-refractivity contribution in [2.75, 3.05) is 11.9 Å². The van der Waals surface area contributed by atoms with Gasteiger partial charge < -0.3 is 19.4 Å². The van der Waals surface area contributed by atoms with E-state index >= 15 is 0 Å². The van der Waals surface area contributed by atoms with Crippen molar-refractivity contribution in [1.29, 1.82) is 0 Å². The molecule has 3 aromatic carbocycles. The summed E-state index contributed by atoms with van der Waals surface area (Å²) in [5.74, 6) is 3.02. The standard InChI is InChI=1S/C35H37ClN4O2S/c1-5-41-27-16-10-24(11-17-27)32-29-8-6-7-19-39-31(21-42-30-20-23(4)9-18-28(30)22(2)3)38-40(35(29)39)33(32)34(43)37-26-14-12-25(36)13-15-26/h9-18,20,22H,5-8,19,21H2,1-4H3,(H,37,43). The fraction of sp³-hybridized carbons (Fsp3) is 0.314. The first-order valence-corrected chi connectivity index (χ1v) is 15.8. The number of hydrogen-bond acceptors (Lipinski definition) is 4. The summed E-state index contributed by atoms with van der Waals surface area (Å²) in [4.78, 5) is 0.603. The van der Waals surface area contributed by atoms with Gasteiger partial charge >= 0.3 is 0 Å². The summed E-state index contributed by atoms with van der Waals surface area (Å²) in [7, 11) is 0. The third-order valence-electron chi connectivity index (χ3n) is 7.98. The number of hydrogen-bond donors (Lipinski definition) is 1. The van der Waals surface area contributed by atoms with Gasteiger partial charge in [0, 0.05) is 28.4 Å². The quantitative estimate of drug-likeness (QED) is 0.168. The molecule has 0 saturated heterocycles. The predicted octanol–water partition coefficient (Wildman–Crippen LogP) is 8.99. The van der Waals surface area contributed by atoms with Gasteiger partial charge in [0.1, 0.15) is 34.4 Å². The average Bonchev–Trinajstić information content (AvgIpc) is 3.39. The van der Waals surface area contributed by atoms with E-state index in [1.807, 2.05) is 47.8 Å². The van der Waals surface area contributed by atoms with Gasteiger partial charge in [0.25, 0.3) is 0 Å². The highest BCUT2D eigenvalue weighted by Gasteiger charge is 2.29. The van der Waals surface area contributed by atoms with E-state index in [-0.39, 0.29) is 0 Å². The van der Waals surface area contributed by atoms with Crippen LogP contribution in [0.4, 0.5) is 5.69 Å². The van der Waals surface area contributed by atoms with Crippen molar-refractivity contribution in [3.63, 3.8) is 0 Å². The Bertz CT molecular complexity index is 1770. The molecule has 3 heterocycles. The van der Waals surface area contributed by atoms with Crippen molar-refractivity contribution in [2.45, 2.75) is 66.0 Å². The molecule has 0 bridgehead atoms. The van der Waals surface area contributed by atoms with Crippen LogP contribution in [0.1, 0.15) is 67.7 Å². The van der Waals surface area contributed by atoms with E-state index in [9.17, 15) is 0 Å². The summed E-state index contributed by atoms with van der Waals surface area (Å²) in [6.07, 6.45) is 3.09. The van der Waals surface area contributed by atoms with E-state index in [0.717, 1.165) is 71.3 Å². The third-order valence-corrected chi connectivity index (χ3v) is 8.53. The molecular weight excluding hydrogens is 576 g/mol. The second-order valence-corrected chi connectivity index (χ2v) is 12.2. The number of aryl methyl sites for hydroxylation is 3. The van der Waals surface area contributed by atoms with E-state index in [2.05, 4.69) is 61.0 Å². The molecule has 8 heteroatoms. The fourth-order valence-corrected chi connectivity index (χ4v) is 6.36. The Balaban J connectivity index is 1.47. The van der Waals surface area contributed by atoms with Crippen molar-refractivity contribution in [1.82, 2.24) is 14.2 Å². The molecule has 1 N–H and O–H groups in total. The normalized spacial score (nSPS) is 12.9. The molecule has 1 aliphatic heterocycles. The molecule has 0 fully saturated rings. The average molecular weight is 613 g/mol. The summed E-state index contributed by atoms with van der Waals surface area (Å²) in [6, 6.07) is 22.3. The number of anilines is 1. The van der Waals surface area contributed by atoms with Crippen molar-refractivity contribution >= 4 is 40.1 Å². The van der Waals surface area contributed by atoms with Crippen molar-refractivity contribution < 1.29 is 9.47 Å². The lowest BCUT2D eigenvalue weighted by atomic mass is 9.98. The second-order valence-electron chi connectivity index (χ2n) is 11.4. The highest BCUT2D eigenvalue weighted by molar-refractivity contribution is 7.81. The Hall–Kier alpha value is -3.81. The Kier molecular flexibility index (Phi) is 8.46. The fourth-order valence-electron chi connectivity index (χ4n) is 5.93. The van der Waals surface area contributed by atoms with E-state index in [4.69, 9.17) is 38.4 Å². The van der Waals surface area contributed by atoms with Crippen LogP contribution in [0.5, 0.6) is 11.5 Å². The molecule has 0 saturated carbocycles. The lowest BCUT2D eigenvalue weighted by molar-refractivity contribution is 0.284. The minimum Gasteiger partial charge on any atom is -0.494 e. The number of aromatic nitrogens is 3. The maximum absolute atomic E-state index is 6.50. The van der Waals surface area contributed by atoms with Gasteiger partial charge in [-0.05, 0) is 98.2 Å². The number of rotatable bonds is 9. The number of nitrogens with one attached hydrogen (secondary N) is 1. The Morgan fingerprint density at radius 1 is 1.02 bits per heavy atom. The van der Waals surface area contributed by atoms with Crippen LogP contribution in [0, 0.1) is 6.92 Å². The first-order valence-electron chi connectivity index (χ1n) is 15.0. The number of benzene rings is 3. The monoisotopic (exact) mass is 612 g/mol. The Morgan fingerprint density at radius 2 is 1.79 bits per heavy atom. The highest BCUT2D eigenvalue weighted by atomic mass is 35.5. The van der Waals surface area contributed by atoms with Gasteiger partial charge in [-0.3, -0.25) is 0 Å². The van der Waals surface area contributed by atoms with Gasteiger partial charge in [-0.25, -0.2) is 4.52 Å². The summed E-state index contributed by atoms with van der Waals surface area (Å²) in [5.41, 5.74) is 8.67. The zero-order chi connectivity index (χ0) is 30.1. The van der Waals surface area contributed by atoms with Gasteiger partial charge in [0.2, 0.25) is 0 Å². The van der Waals surface area contributed by atoms with Gasteiger partial charge in [-0.2, -0.15) is 0 Å². The SMILES string of the molecule is CCOc1ccc(-c2c3c4n(c(COc5cc(C)ccc5C(C)C)nn4c2C(=S)Nc2ccc(Cl)cc2)CCCC3)cc1. The minimum atomic E-state index is 0.360. The Labute approximate surface area is 263 Å². The van der Waals surface area contributed by atoms with Crippen LogP contribution in [-0.2, 0) is 19.6 Å². The van der Waals surface area contributed by atoms with Crippen LogP contribution >= 0.6 is 23.8 Å². The maximum atomic E-state index is 6.50. The number of thiocarbonyl (C=S) groups is 1. The molecule has 2 aromatic heterocycles. The van der Waals surface area contributed by atoms with Crippen molar-refractivity contribution in [3.8, 4) is 22.6 Å². The second kappa shape index (κ2) is 12.4. The van der Waals surface area contributed by atoms with Crippen LogP contribution in [-0.4, -0.2) is 25.8 Å². The molecule has 5 aromatic rings. The molecule has 0 aliphatic carbocycles. The summed E-state index contributed by atoms with van der Waals surface area (Å²) >= 11 is 12.3. The molecule has 0 atom stereocenters. The summed E-state index contributed by atoms with van der Waals surface area (Å²) in [6.45, 7) is 10.4. The third kappa shape index (κ3) is 5.89. The van der Waals surface area contributed by atoms with Crippen LogP contribution < -0.4 is 14.8 Å². The number of nitrogens with zero attached hydrogens (tertiary/aromatic N) is 3. The van der Waals surface area contributed by atoms with Crippen LogP contribution in [0.3, 0.4) is 0 Å². The van der Waals surface area contributed by atoms with E-state index in [1.165, 1.54) is 16.7 Å². The smallest absolute Gasteiger partial charge is 0.169 e. The molecule has 0 radical (unpaired) electrons. The lowest BCUT2D eigenvalue weighted by Gasteiger charge is -2.15. The van der Waals surface area contributed by atoms with Gasteiger partial charge in [-0.15, -0.1) is 5.10 Å². The zero-order valence-corrected chi connectivity index (χ0v) is 26.7. The number of halogens is 1. The zero-order valence-electron chi connectivity index (χ0n) is 25.1. The largest absolute Gasteiger partial charge is 0.494 e. The predicted molar refractivity (Wildman–Crippen MR) is 179 cm³/mol. The van der Waals surface area contributed by atoms with E-state index in [1.54, 1.807) is 0 Å². The van der Waals surface area contributed by atoms with E-state index < -0.39 is 0 Å². The molecule has 1 aliphatic rings. The molecule has 222 valence electrons. The van der Waals surface area contributed by atoms with Crippen molar-refractivity contribution in [3.05, 3.63) is 100.0 Å². The molecule has 0 spiro atoms. The van der Waals surface area contributed by atoms with Gasteiger partial charge in [0.05, 0.1) is 6.61 Å². The van der Waals surface area contributed by atoms with Crippen LogP contribution in [0.2, 0.25) is 5.02 Å². The van der Waals surface area contributed by atoms with E-state index in [0.29, 0.717) is 29.1 Å². The topological polar surface area (TPSA) is 52.7 Å². The molecular formula is C35H37ClN4O2S. The lowest BCUT2D eigenvalue weighted by Crippen LogP contribution is -2.15. The van der Waals surface area contributed by atoms with Gasteiger partial charge in [0.15, 0.2) is 5.82 Å². The molecule has 0 amide bonds.